The Morgan fingerprint density at radius 1 is 1.22 bits per heavy atom. The molecule has 0 unspecified atom stereocenters. The summed E-state index contributed by atoms with van der Waals surface area (Å²) in [6.45, 7) is 0.576. The highest BCUT2D eigenvalue weighted by atomic mass is 19.2. The van der Waals surface area contributed by atoms with Crippen molar-refractivity contribution >= 4 is 0 Å². The summed E-state index contributed by atoms with van der Waals surface area (Å²) in [6, 6.07) is 7.00. The number of aromatic nitrogens is 1. The summed E-state index contributed by atoms with van der Waals surface area (Å²) >= 11 is 0. The summed E-state index contributed by atoms with van der Waals surface area (Å²) in [4.78, 5) is 4.07. The van der Waals surface area contributed by atoms with Crippen LogP contribution in [0.2, 0.25) is 0 Å². The van der Waals surface area contributed by atoms with Crippen molar-refractivity contribution in [2.75, 3.05) is 7.05 Å². The summed E-state index contributed by atoms with van der Waals surface area (Å²) in [5, 5.41) is 2.98. The van der Waals surface area contributed by atoms with Gasteiger partial charge in [-0.2, -0.15) is 0 Å². The molecule has 18 heavy (non-hydrogen) atoms. The number of halogens is 2. The zero-order valence-corrected chi connectivity index (χ0v) is 9.78. The van der Waals surface area contributed by atoms with E-state index < -0.39 is 11.6 Å². The number of benzene rings is 1. The number of ether oxygens (including phenoxy) is 1. The van der Waals surface area contributed by atoms with E-state index in [9.17, 15) is 8.78 Å². The summed E-state index contributed by atoms with van der Waals surface area (Å²) in [7, 11) is 1.80. The first-order valence-corrected chi connectivity index (χ1v) is 5.42. The number of nitrogens with zero attached hydrogens (tertiary/aromatic N) is 1. The van der Waals surface area contributed by atoms with E-state index >= 15 is 0 Å². The Kier molecular flexibility index (Phi) is 3.84. The van der Waals surface area contributed by atoms with Crippen LogP contribution in [0.5, 0.6) is 11.6 Å². The highest BCUT2D eigenvalue weighted by Gasteiger charge is 2.08. The lowest BCUT2D eigenvalue weighted by Gasteiger charge is -2.09. The summed E-state index contributed by atoms with van der Waals surface area (Å²) in [6.07, 6.45) is 1.58. The molecule has 0 saturated heterocycles. The third-order valence-electron chi connectivity index (χ3n) is 2.32. The smallest absolute Gasteiger partial charge is 0.223 e. The number of rotatable bonds is 4. The van der Waals surface area contributed by atoms with Crippen LogP contribution in [0.3, 0.4) is 0 Å². The van der Waals surface area contributed by atoms with Gasteiger partial charge in [0, 0.05) is 24.4 Å². The second-order valence-corrected chi connectivity index (χ2v) is 3.68. The average molecular weight is 250 g/mol. The molecule has 0 radical (unpaired) electrons. The fourth-order valence-electron chi connectivity index (χ4n) is 1.49. The Hall–Kier alpha value is -2.01. The molecule has 94 valence electrons. The Morgan fingerprint density at radius 2 is 2.06 bits per heavy atom. The highest BCUT2D eigenvalue weighted by Crippen LogP contribution is 2.24. The van der Waals surface area contributed by atoms with E-state index in [1.165, 1.54) is 6.07 Å². The van der Waals surface area contributed by atoms with Gasteiger partial charge in [0.1, 0.15) is 5.75 Å². The number of pyridine rings is 1. The molecule has 1 aromatic heterocycles. The predicted molar refractivity (Wildman–Crippen MR) is 63.4 cm³/mol. The van der Waals surface area contributed by atoms with E-state index in [0.717, 1.165) is 17.7 Å². The van der Waals surface area contributed by atoms with Crippen molar-refractivity contribution < 1.29 is 13.5 Å². The first kappa shape index (κ1) is 12.4. The molecule has 0 aliphatic carbocycles. The number of hydrogen-bond donors (Lipinski definition) is 1. The van der Waals surface area contributed by atoms with Crippen LogP contribution in [0.15, 0.2) is 36.5 Å². The molecule has 0 spiro atoms. The van der Waals surface area contributed by atoms with Gasteiger partial charge in [-0.15, -0.1) is 0 Å². The van der Waals surface area contributed by atoms with Gasteiger partial charge in [-0.3, -0.25) is 0 Å². The second-order valence-electron chi connectivity index (χ2n) is 3.68. The third-order valence-corrected chi connectivity index (χ3v) is 2.32. The van der Waals surface area contributed by atoms with Gasteiger partial charge in [-0.1, -0.05) is 6.07 Å². The molecule has 0 fully saturated rings. The van der Waals surface area contributed by atoms with Crippen molar-refractivity contribution in [2.45, 2.75) is 6.54 Å². The van der Waals surface area contributed by atoms with Crippen molar-refractivity contribution in [1.29, 1.82) is 0 Å². The molecule has 0 atom stereocenters. The van der Waals surface area contributed by atoms with Crippen LogP contribution in [0.1, 0.15) is 5.56 Å². The minimum Gasteiger partial charge on any atom is -0.439 e. The standard InChI is InChI=1S/C13H12F2N2O/c1-16-8-9-3-2-6-17-13(9)18-10-4-5-11(14)12(15)7-10/h2-7,16H,8H2,1H3. The zero-order chi connectivity index (χ0) is 13.0. The van der Waals surface area contributed by atoms with Gasteiger partial charge in [-0.25, -0.2) is 13.8 Å². The van der Waals surface area contributed by atoms with Crippen molar-refractivity contribution in [3.05, 3.63) is 53.7 Å². The molecule has 1 N–H and O–H groups in total. The number of hydrogen-bond acceptors (Lipinski definition) is 3. The van der Waals surface area contributed by atoms with Crippen molar-refractivity contribution in [1.82, 2.24) is 10.3 Å². The monoisotopic (exact) mass is 250 g/mol. The average Bonchev–Trinajstić information content (AvgIpc) is 2.37. The maximum absolute atomic E-state index is 13.0. The lowest BCUT2D eigenvalue weighted by molar-refractivity contribution is 0.441. The topological polar surface area (TPSA) is 34.2 Å². The minimum absolute atomic E-state index is 0.213. The van der Waals surface area contributed by atoms with E-state index in [1.807, 2.05) is 6.07 Å². The van der Waals surface area contributed by atoms with E-state index in [2.05, 4.69) is 10.3 Å². The van der Waals surface area contributed by atoms with Gasteiger partial charge in [0.05, 0.1) is 0 Å². The quantitative estimate of drug-likeness (QED) is 0.906. The van der Waals surface area contributed by atoms with Crippen LogP contribution >= 0.6 is 0 Å². The maximum atomic E-state index is 13.0. The Balaban J connectivity index is 2.25. The van der Waals surface area contributed by atoms with Crippen LogP contribution in [0.4, 0.5) is 8.78 Å². The molecule has 0 bridgehead atoms. The van der Waals surface area contributed by atoms with Gasteiger partial charge in [0.2, 0.25) is 5.88 Å². The van der Waals surface area contributed by atoms with Crippen molar-refractivity contribution in [3.63, 3.8) is 0 Å². The van der Waals surface area contributed by atoms with E-state index in [-0.39, 0.29) is 5.75 Å². The van der Waals surface area contributed by atoms with E-state index in [0.29, 0.717) is 12.4 Å². The van der Waals surface area contributed by atoms with Crippen LogP contribution in [0, 0.1) is 11.6 Å². The van der Waals surface area contributed by atoms with Crippen LogP contribution in [-0.2, 0) is 6.54 Å². The van der Waals surface area contributed by atoms with Gasteiger partial charge in [0.25, 0.3) is 0 Å². The molecule has 5 heteroatoms. The fraction of sp³-hybridized carbons (Fsp3) is 0.154. The molecule has 1 heterocycles. The summed E-state index contributed by atoms with van der Waals surface area (Å²) in [5.74, 6) is -1.26. The summed E-state index contributed by atoms with van der Waals surface area (Å²) < 4.78 is 31.3. The second kappa shape index (κ2) is 5.55. The molecule has 2 rings (SSSR count). The molecule has 2 aromatic rings. The Morgan fingerprint density at radius 3 is 2.78 bits per heavy atom. The van der Waals surface area contributed by atoms with Crippen LogP contribution in [-0.4, -0.2) is 12.0 Å². The predicted octanol–water partition coefficient (Wildman–Crippen LogP) is 2.87. The van der Waals surface area contributed by atoms with Crippen LogP contribution < -0.4 is 10.1 Å². The lowest BCUT2D eigenvalue weighted by Crippen LogP contribution is -2.07. The molecule has 0 aliphatic heterocycles. The van der Waals surface area contributed by atoms with E-state index in [4.69, 9.17) is 4.74 Å². The normalized spacial score (nSPS) is 10.4. The molecule has 0 saturated carbocycles. The van der Waals surface area contributed by atoms with Gasteiger partial charge in [0.15, 0.2) is 11.6 Å². The maximum Gasteiger partial charge on any atom is 0.223 e. The van der Waals surface area contributed by atoms with Crippen molar-refractivity contribution in [2.24, 2.45) is 0 Å². The lowest BCUT2D eigenvalue weighted by atomic mass is 10.2. The molecule has 0 aliphatic rings. The van der Waals surface area contributed by atoms with E-state index in [1.54, 1.807) is 19.3 Å². The first-order valence-electron chi connectivity index (χ1n) is 5.42. The highest BCUT2D eigenvalue weighted by molar-refractivity contribution is 5.32. The number of nitrogens with one attached hydrogen (secondary N) is 1. The Labute approximate surface area is 103 Å². The summed E-state index contributed by atoms with van der Waals surface area (Å²) in [5.41, 5.74) is 0.838. The molecular weight excluding hydrogens is 238 g/mol. The van der Waals surface area contributed by atoms with Crippen molar-refractivity contribution in [3.8, 4) is 11.6 Å². The largest absolute Gasteiger partial charge is 0.439 e. The third kappa shape index (κ3) is 2.81. The van der Waals surface area contributed by atoms with Gasteiger partial charge < -0.3 is 10.1 Å². The molecule has 1 aromatic carbocycles. The fourth-order valence-corrected chi connectivity index (χ4v) is 1.49. The SMILES string of the molecule is CNCc1cccnc1Oc1ccc(F)c(F)c1. The van der Waals surface area contributed by atoms with Gasteiger partial charge >= 0.3 is 0 Å². The first-order chi connectivity index (χ1) is 8.70. The zero-order valence-electron chi connectivity index (χ0n) is 9.78. The van der Waals surface area contributed by atoms with Gasteiger partial charge in [-0.05, 0) is 25.2 Å². The molecule has 3 nitrogen and oxygen atoms in total. The van der Waals surface area contributed by atoms with Crippen LogP contribution in [0.25, 0.3) is 0 Å². The Bertz CT molecular complexity index is 546. The minimum atomic E-state index is -0.946. The molecule has 0 amide bonds. The molecular formula is C13H12F2N2O.